The van der Waals surface area contributed by atoms with Crippen molar-refractivity contribution in [2.45, 2.75) is 25.9 Å². The van der Waals surface area contributed by atoms with Gasteiger partial charge in [-0.05, 0) is 54.8 Å². The normalized spacial score (nSPS) is 18.5. The standard InChI is InChI=1S/C27H26FN3O2/c1-18-9-10-29-24(15-18)27(25(32)22-5-3-4-6-23(22)26(27)33)31-13-11-30(12-14-31)17-20-16-21(28)8-7-19(20)2/h3-10,15-16H,11-14,17H2,1-2H3. The minimum Gasteiger partial charge on any atom is -0.297 e. The van der Waals surface area contributed by atoms with Gasteiger partial charge in [0.15, 0.2) is 17.1 Å². The second-order valence-electron chi connectivity index (χ2n) is 8.97. The van der Waals surface area contributed by atoms with Crippen molar-refractivity contribution in [1.82, 2.24) is 14.8 Å². The number of Topliss-reactive ketones (excluding diaryl/α,β-unsaturated/α-hetero) is 2. The van der Waals surface area contributed by atoms with Crippen molar-refractivity contribution in [2.24, 2.45) is 0 Å². The summed E-state index contributed by atoms with van der Waals surface area (Å²) in [5.74, 6) is -0.634. The van der Waals surface area contributed by atoms with Gasteiger partial charge >= 0.3 is 0 Å². The van der Waals surface area contributed by atoms with E-state index in [1.165, 1.54) is 6.07 Å². The minimum absolute atomic E-state index is 0.198. The fourth-order valence-electron chi connectivity index (χ4n) is 5.08. The number of piperazine rings is 1. The zero-order valence-electron chi connectivity index (χ0n) is 18.8. The lowest BCUT2D eigenvalue weighted by molar-refractivity contribution is 0.0266. The van der Waals surface area contributed by atoms with Crippen molar-refractivity contribution in [1.29, 1.82) is 0 Å². The molecule has 0 radical (unpaired) electrons. The highest BCUT2D eigenvalue weighted by atomic mass is 19.1. The number of pyridine rings is 1. The van der Waals surface area contributed by atoms with Gasteiger partial charge in [0.25, 0.3) is 0 Å². The molecule has 0 saturated carbocycles. The number of carbonyl (C=O) groups is 2. The summed E-state index contributed by atoms with van der Waals surface area (Å²) in [7, 11) is 0. The Morgan fingerprint density at radius 3 is 2.21 bits per heavy atom. The number of aromatic nitrogens is 1. The molecule has 3 aromatic rings. The maximum absolute atomic E-state index is 13.8. The summed E-state index contributed by atoms with van der Waals surface area (Å²) in [5, 5.41) is 0. The first-order valence-corrected chi connectivity index (χ1v) is 11.3. The van der Waals surface area contributed by atoms with Crippen LogP contribution >= 0.6 is 0 Å². The molecule has 1 aliphatic carbocycles. The van der Waals surface area contributed by atoms with Gasteiger partial charge in [-0.1, -0.05) is 30.3 Å². The molecule has 168 valence electrons. The maximum Gasteiger partial charge on any atom is 0.198 e. The molecule has 2 heterocycles. The van der Waals surface area contributed by atoms with Crippen LogP contribution in [0.2, 0.25) is 0 Å². The van der Waals surface area contributed by atoms with Crippen molar-refractivity contribution in [2.75, 3.05) is 26.2 Å². The summed E-state index contributed by atoms with van der Waals surface area (Å²) >= 11 is 0. The average molecular weight is 444 g/mol. The average Bonchev–Trinajstić information content (AvgIpc) is 3.05. The van der Waals surface area contributed by atoms with Gasteiger partial charge in [0.1, 0.15) is 5.82 Å². The van der Waals surface area contributed by atoms with Crippen LogP contribution in [0.5, 0.6) is 0 Å². The fourth-order valence-corrected chi connectivity index (χ4v) is 5.08. The highest BCUT2D eigenvalue weighted by molar-refractivity contribution is 6.32. The first-order valence-electron chi connectivity index (χ1n) is 11.3. The van der Waals surface area contributed by atoms with E-state index in [-0.39, 0.29) is 17.4 Å². The molecule has 0 atom stereocenters. The van der Waals surface area contributed by atoms with Crippen LogP contribution in [0.15, 0.2) is 60.8 Å². The van der Waals surface area contributed by atoms with Gasteiger partial charge in [0.05, 0.1) is 5.69 Å². The Bertz CT molecular complexity index is 1210. The van der Waals surface area contributed by atoms with E-state index in [9.17, 15) is 14.0 Å². The van der Waals surface area contributed by atoms with Crippen molar-refractivity contribution in [3.05, 3.63) is 100 Å². The SMILES string of the molecule is Cc1ccnc(C2(N3CCN(Cc4cc(F)ccc4C)CC3)C(=O)c3ccccc3C2=O)c1. The second kappa shape index (κ2) is 8.28. The second-order valence-corrected chi connectivity index (χ2v) is 8.97. The molecule has 5 nitrogen and oxygen atoms in total. The van der Waals surface area contributed by atoms with Crippen LogP contribution in [-0.4, -0.2) is 52.5 Å². The van der Waals surface area contributed by atoms with E-state index in [0.717, 1.165) is 16.7 Å². The van der Waals surface area contributed by atoms with Crippen LogP contribution in [0.3, 0.4) is 0 Å². The van der Waals surface area contributed by atoms with Crippen LogP contribution in [0, 0.1) is 19.7 Å². The van der Waals surface area contributed by atoms with E-state index in [4.69, 9.17) is 0 Å². The van der Waals surface area contributed by atoms with Gasteiger partial charge in [-0.25, -0.2) is 4.39 Å². The predicted molar refractivity (Wildman–Crippen MR) is 124 cm³/mol. The number of carbonyl (C=O) groups excluding carboxylic acids is 2. The molecule has 0 bridgehead atoms. The fraction of sp³-hybridized carbons (Fsp3) is 0.296. The molecule has 1 saturated heterocycles. The molecule has 2 aromatic carbocycles. The monoisotopic (exact) mass is 443 g/mol. The molecule has 0 N–H and O–H groups in total. The lowest BCUT2D eigenvalue weighted by Gasteiger charge is -2.43. The first kappa shape index (κ1) is 21.6. The quantitative estimate of drug-likeness (QED) is 0.572. The number of hydrogen-bond donors (Lipinski definition) is 0. The Hall–Kier alpha value is -3.22. The van der Waals surface area contributed by atoms with E-state index < -0.39 is 5.54 Å². The number of hydrogen-bond acceptors (Lipinski definition) is 5. The molecule has 5 rings (SSSR count). The maximum atomic E-state index is 13.8. The molecule has 0 unspecified atom stereocenters. The number of nitrogens with zero attached hydrogens (tertiary/aromatic N) is 3. The number of rotatable bonds is 4. The van der Waals surface area contributed by atoms with Crippen LogP contribution in [0.1, 0.15) is 43.1 Å². The molecule has 33 heavy (non-hydrogen) atoms. The Kier molecular flexibility index (Phi) is 5.43. The molecule has 1 aliphatic heterocycles. The molecular formula is C27H26FN3O2. The highest BCUT2D eigenvalue weighted by Gasteiger charge is 2.59. The molecular weight excluding hydrogens is 417 g/mol. The van der Waals surface area contributed by atoms with Crippen LogP contribution in [0.4, 0.5) is 4.39 Å². The summed E-state index contributed by atoms with van der Waals surface area (Å²) in [6.07, 6.45) is 1.67. The topological polar surface area (TPSA) is 53.5 Å². The lowest BCUT2D eigenvalue weighted by Crippen LogP contribution is -2.60. The largest absolute Gasteiger partial charge is 0.297 e. The lowest BCUT2D eigenvalue weighted by atomic mass is 9.85. The van der Waals surface area contributed by atoms with E-state index in [1.807, 2.05) is 30.9 Å². The third-order valence-corrected chi connectivity index (χ3v) is 6.91. The van der Waals surface area contributed by atoms with Crippen LogP contribution < -0.4 is 0 Å². The van der Waals surface area contributed by atoms with Gasteiger partial charge < -0.3 is 0 Å². The van der Waals surface area contributed by atoms with Gasteiger partial charge in [-0.3, -0.25) is 24.4 Å². The van der Waals surface area contributed by atoms with Crippen molar-refractivity contribution >= 4 is 11.6 Å². The Morgan fingerprint density at radius 2 is 1.58 bits per heavy atom. The van der Waals surface area contributed by atoms with Crippen molar-refractivity contribution in [3.63, 3.8) is 0 Å². The van der Waals surface area contributed by atoms with Gasteiger partial charge in [-0.2, -0.15) is 0 Å². The summed E-state index contributed by atoms with van der Waals surface area (Å²) in [4.78, 5) is 36.4. The third-order valence-electron chi connectivity index (χ3n) is 6.91. The van der Waals surface area contributed by atoms with E-state index >= 15 is 0 Å². The number of benzene rings is 2. The van der Waals surface area contributed by atoms with Crippen LogP contribution in [0.25, 0.3) is 0 Å². The third kappa shape index (κ3) is 3.50. The molecule has 2 aliphatic rings. The van der Waals surface area contributed by atoms with E-state index in [0.29, 0.717) is 49.5 Å². The van der Waals surface area contributed by atoms with Gasteiger partial charge in [0, 0.05) is 50.0 Å². The number of fused-ring (bicyclic) bond motifs is 1. The van der Waals surface area contributed by atoms with Gasteiger partial charge in [-0.15, -0.1) is 0 Å². The Labute approximate surface area is 192 Å². The Morgan fingerprint density at radius 1 is 0.909 bits per heavy atom. The molecule has 0 amide bonds. The van der Waals surface area contributed by atoms with E-state index in [1.54, 1.807) is 42.6 Å². The van der Waals surface area contributed by atoms with E-state index in [2.05, 4.69) is 9.88 Å². The smallest absolute Gasteiger partial charge is 0.198 e. The zero-order valence-corrected chi connectivity index (χ0v) is 18.8. The number of ketones is 2. The highest BCUT2D eigenvalue weighted by Crippen LogP contribution is 2.42. The molecule has 6 heteroatoms. The van der Waals surface area contributed by atoms with Gasteiger partial charge in [0.2, 0.25) is 0 Å². The summed E-state index contributed by atoms with van der Waals surface area (Å²) < 4.78 is 13.7. The Balaban J connectivity index is 1.47. The summed E-state index contributed by atoms with van der Waals surface area (Å²) in [6, 6.07) is 15.6. The van der Waals surface area contributed by atoms with Crippen molar-refractivity contribution in [3.8, 4) is 0 Å². The first-order chi connectivity index (χ1) is 15.9. The number of halogens is 1. The summed E-state index contributed by atoms with van der Waals surface area (Å²) in [6.45, 7) is 6.96. The van der Waals surface area contributed by atoms with Crippen molar-refractivity contribution < 1.29 is 14.0 Å². The van der Waals surface area contributed by atoms with Crippen LogP contribution in [-0.2, 0) is 12.1 Å². The molecule has 1 aromatic heterocycles. The minimum atomic E-state index is -1.43. The summed E-state index contributed by atoms with van der Waals surface area (Å²) in [5.41, 5.74) is 2.94. The zero-order chi connectivity index (χ0) is 23.2. The predicted octanol–water partition coefficient (Wildman–Crippen LogP) is 3.93. The molecule has 1 fully saturated rings. The molecule has 0 spiro atoms. The number of aryl methyl sites for hydroxylation is 2.